The van der Waals surface area contributed by atoms with Gasteiger partial charge in [-0.2, -0.15) is 0 Å². The van der Waals surface area contributed by atoms with Crippen molar-refractivity contribution in [2.24, 2.45) is 5.92 Å². The van der Waals surface area contributed by atoms with E-state index in [4.69, 9.17) is 0 Å². The maximum absolute atomic E-state index is 4.51. The summed E-state index contributed by atoms with van der Waals surface area (Å²) in [5.74, 6) is 0.673. The zero-order chi connectivity index (χ0) is 12.8. The minimum Gasteiger partial charge on any atom is -0.385 e. The summed E-state index contributed by atoms with van der Waals surface area (Å²) in [5.41, 5.74) is 2.32. The SMILES string of the molecule is CCNc1ccnc(C(CC(C)C)N(C)C)c1. The minimum absolute atomic E-state index is 0.397. The van der Waals surface area contributed by atoms with Gasteiger partial charge in [0.25, 0.3) is 0 Å². The highest BCUT2D eigenvalue weighted by molar-refractivity contribution is 5.43. The number of aromatic nitrogens is 1. The lowest BCUT2D eigenvalue weighted by Gasteiger charge is -2.25. The molecule has 1 atom stereocenters. The fourth-order valence-electron chi connectivity index (χ4n) is 1.99. The zero-order valence-electron chi connectivity index (χ0n) is 11.7. The van der Waals surface area contributed by atoms with Crippen LogP contribution < -0.4 is 5.32 Å². The predicted octanol–water partition coefficient (Wildman–Crippen LogP) is 3.16. The molecule has 1 unspecified atom stereocenters. The fraction of sp³-hybridized carbons (Fsp3) is 0.643. The summed E-state index contributed by atoms with van der Waals surface area (Å²) in [6, 6.07) is 4.58. The molecule has 17 heavy (non-hydrogen) atoms. The van der Waals surface area contributed by atoms with Crippen LogP contribution >= 0.6 is 0 Å². The maximum Gasteiger partial charge on any atom is 0.0595 e. The number of rotatable bonds is 6. The van der Waals surface area contributed by atoms with E-state index in [9.17, 15) is 0 Å². The molecule has 3 heteroatoms. The van der Waals surface area contributed by atoms with E-state index < -0.39 is 0 Å². The fourth-order valence-corrected chi connectivity index (χ4v) is 1.99. The summed E-state index contributed by atoms with van der Waals surface area (Å²) in [6.07, 6.45) is 3.03. The standard InChI is InChI=1S/C14H25N3/c1-6-15-12-7-8-16-13(10-12)14(17(4)5)9-11(2)3/h7-8,10-11,14H,6,9H2,1-5H3,(H,15,16). The first-order valence-corrected chi connectivity index (χ1v) is 6.40. The molecule has 0 amide bonds. The molecule has 1 aromatic heterocycles. The third-order valence-electron chi connectivity index (χ3n) is 2.82. The van der Waals surface area contributed by atoms with Crippen LogP contribution in [0.1, 0.15) is 38.9 Å². The van der Waals surface area contributed by atoms with E-state index in [2.05, 4.69) is 56.1 Å². The summed E-state index contributed by atoms with van der Waals surface area (Å²) in [6.45, 7) is 7.56. The summed E-state index contributed by atoms with van der Waals surface area (Å²) < 4.78 is 0. The number of nitrogens with zero attached hydrogens (tertiary/aromatic N) is 2. The number of pyridine rings is 1. The van der Waals surface area contributed by atoms with Crippen LogP contribution in [0, 0.1) is 5.92 Å². The van der Waals surface area contributed by atoms with E-state index in [1.807, 2.05) is 12.3 Å². The highest BCUT2D eigenvalue weighted by Crippen LogP contribution is 2.25. The molecule has 0 saturated carbocycles. The second-order valence-electron chi connectivity index (χ2n) is 5.11. The maximum atomic E-state index is 4.51. The lowest BCUT2D eigenvalue weighted by molar-refractivity contribution is 0.254. The molecule has 0 spiro atoms. The van der Waals surface area contributed by atoms with Crippen LogP contribution in [0.2, 0.25) is 0 Å². The van der Waals surface area contributed by atoms with Gasteiger partial charge < -0.3 is 10.2 Å². The predicted molar refractivity (Wildman–Crippen MR) is 74.3 cm³/mol. The normalized spacial score (nSPS) is 13.1. The number of hydrogen-bond acceptors (Lipinski definition) is 3. The largest absolute Gasteiger partial charge is 0.385 e. The Morgan fingerprint density at radius 1 is 1.35 bits per heavy atom. The van der Waals surface area contributed by atoms with E-state index in [1.165, 1.54) is 0 Å². The molecule has 0 aromatic carbocycles. The highest BCUT2D eigenvalue weighted by atomic mass is 15.1. The van der Waals surface area contributed by atoms with Crippen molar-refractivity contribution in [1.82, 2.24) is 9.88 Å². The first kappa shape index (κ1) is 14.0. The van der Waals surface area contributed by atoms with Crippen LogP contribution in [0.15, 0.2) is 18.3 Å². The van der Waals surface area contributed by atoms with Gasteiger partial charge in [0.2, 0.25) is 0 Å². The van der Waals surface area contributed by atoms with Crippen LogP contribution in [0.3, 0.4) is 0 Å². The molecule has 0 aliphatic carbocycles. The van der Waals surface area contributed by atoms with E-state index in [0.717, 1.165) is 24.3 Å². The summed E-state index contributed by atoms with van der Waals surface area (Å²) in [4.78, 5) is 6.76. The Morgan fingerprint density at radius 2 is 2.06 bits per heavy atom. The third-order valence-corrected chi connectivity index (χ3v) is 2.82. The van der Waals surface area contributed by atoms with Crippen molar-refractivity contribution >= 4 is 5.69 Å². The first-order chi connectivity index (χ1) is 8.04. The van der Waals surface area contributed by atoms with Crippen LogP contribution in [0.5, 0.6) is 0 Å². The van der Waals surface area contributed by atoms with E-state index in [-0.39, 0.29) is 0 Å². The van der Waals surface area contributed by atoms with E-state index >= 15 is 0 Å². The molecule has 1 heterocycles. The lowest BCUT2D eigenvalue weighted by atomic mass is 9.99. The number of nitrogens with one attached hydrogen (secondary N) is 1. The van der Waals surface area contributed by atoms with Crippen molar-refractivity contribution in [3.8, 4) is 0 Å². The Hall–Kier alpha value is -1.09. The molecule has 0 radical (unpaired) electrons. The van der Waals surface area contributed by atoms with Gasteiger partial charge in [0, 0.05) is 18.4 Å². The summed E-state index contributed by atoms with van der Waals surface area (Å²) >= 11 is 0. The van der Waals surface area contributed by atoms with Gasteiger partial charge in [-0.1, -0.05) is 13.8 Å². The Labute approximate surface area is 105 Å². The molecule has 3 nitrogen and oxygen atoms in total. The van der Waals surface area contributed by atoms with Crippen LogP contribution in [-0.2, 0) is 0 Å². The topological polar surface area (TPSA) is 28.2 Å². The number of hydrogen-bond donors (Lipinski definition) is 1. The van der Waals surface area contributed by atoms with Crippen molar-refractivity contribution in [2.75, 3.05) is 26.0 Å². The van der Waals surface area contributed by atoms with Gasteiger partial charge in [-0.05, 0) is 45.5 Å². The van der Waals surface area contributed by atoms with Crippen LogP contribution in [0.25, 0.3) is 0 Å². The molecule has 0 aliphatic heterocycles. The summed E-state index contributed by atoms with van der Waals surface area (Å²) in [5, 5.41) is 3.34. The average molecular weight is 235 g/mol. The highest BCUT2D eigenvalue weighted by Gasteiger charge is 2.17. The molecule has 0 fully saturated rings. The Morgan fingerprint density at radius 3 is 2.59 bits per heavy atom. The third kappa shape index (κ3) is 4.35. The van der Waals surface area contributed by atoms with Crippen molar-refractivity contribution in [1.29, 1.82) is 0 Å². The minimum atomic E-state index is 0.397. The molecule has 1 rings (SSSR count). The Balaban J connectivity index is 2.89. The quantitative estimate of drug-likeness (QED) is 0.821. The second kappa shape index (κ2) is 6.60. The number of anilines is 1. The lowest BCUT2D eigenvalue weighted by Crippen LogP contribution is -2.22. The first-order valence-electron chi connectivity index (χ1n) is 6.40. The average Bonchev–Trinajstić information content (AvgIpc) is 2.26. The van der Waals surface area contributed by atoms with Gasteiger partial charge in [-0.3, -0.25) is 4.98 Å². The van der Waals surface area contributed by atoms with Gasteiger partial charge in [0.1, 0.15) is 0 Å². The molecule has 0 aliphatic rings. The van der Waals surface area contributed by atoms with Gasteiger partial charge in [-0.25, -0.2) is 0 Å². The molecule has 0 saturated heterocycles. The molecule has 1 aromatic rings. The monoisotopic (exact) mass is 235 g/mol. The van der Waals surface area contributed by atoms with E-state index in [0.29, 0.717) is 12.0 Å². The van der Waals surface area contributed by atoms with Crippen molar-refractivity contribution in [2.45, 2.75) is 33.2 Å². The van der Waals surface area contributed by atoms with Crippen molar-refractivity contribution < 1.29 is 0 Å². The van der Waals surface area contributed by atoms with Gasteiger partial charge in [0.15, 0.2) is 0 Å². The molecule has 96 valence electrons. The molecule has 1 N–H and O–H groups in total. The van der Waals surface area contributed by atoms with Gasteiger partial charge in [0.05, 0.1) is 11.7 Å². The van der Waals surface area contributed by atoms with Gasteiger partial charge >= 0.3 is 0 Å². The molecular formula is C14H25N3. The van der Waals surface area contributed by atoms with E-state index in [1.54, 1.807) is 0 Å². The van der Waals surface area contributed by atoms with Gasteiger partial charge in [-0.15, -0.1) is 0 Å². The van der Waals surface area contributed by atoms with Crippen molar-refractivity contribution in [3.63, 3.8) is 0 Å². The van der Waals surface area contributed by atoms with Crippen LogP contribution in [-0.4, -0.2) is 30.5 Å². The van der Waals surface area contributed by atoms with Crippen LogP contribution in [0.4, 0.5) is 5.69 Å². The second-order valence-corrected chi connectivity index (χ2v) is 5.11. The smallest absolute Gasteiger partial charge is 0.0595 e. The molecular weight excluding hydrogens is 210 g/mol. The zero-order valence-corrected chi connectivity index (χ0v) is 11.7. The summed E-state index contributed by atoms with van der Waals surface area (Å²) in [7, 11) is 4.24. The Bertz CT molecular complexity index is 334. The van der Waals surface area contributed by atoms with Crippen molar-refractivity contribution in [3.05, 3.63) is 24.0 Å². The molecule has 0 bridgehead atoms. The Kier molecular flexibility index (Phi) is 5.42.